The van der Waals surface area contributed by atoms with Crippen LogP contribution in [0.2, 0.25) is 5.02 Å². The Morgan fingerprint density at radius 2 is 2.08 bits per heavy atom. The molecule has 3 aromatic rings. The van der Waals surface area contributed by atoms with Crippen molar-refractivity contribution in [1.29, 1.82) is 0 Å². The highest BCUT2D eigenvalue weighted by atomic mass is 35.5. The van der Waals surface area contributed by atoms with Gasteiger partial charge in [0.15, 0.2) is 16.7 Å². The van der Waals surface area contributed by atoms with Crippen LogP contribution in [0.1, 0.15) is 23.2 Å². The maximum atomic E-state index is 15.2. The monoisotopic (exact) mass is 533 g/mol. The van der Waals surface area contributed by atoms with Crippen LogP contribution in [0.3, 0.4) is 0 Å². The molecule has 1 aliphatic heterocycles. The Kier molecular flexibility index (Phi) is 8.04. The van der Waals surface area contributed by atoms with Crippen LogP contribution in [0.15, 0.2) is 36.5 Å². The molecule has 0 spiro atoms. The zero-order valence-electron chi connectivity index (χ0n) is 19.6. The first-order valence-electron chi connectivity index (χ1n) is 11.1. The number of thiocarbonyl (C=S) groups is 1. The van der Waals surface area contributed by atoms with Crippen LogP contribution >= 0.6 is 23.8 Å². The zero-order chi connectivity index (χ0) is 25.8. The molecule has 9 nitrogen and oxygen atoms in total. The summed E-state index contributed by atoms with van der Waals surface area (Å²) in [6.45, 7) is 1.39. The van der Waals surface area contributed by atoms with Gasteiger partial charge in [0.1, 0.15) is 16.5 Å². The number of hydrogen-bond acceptors (Lipinski definition) is 7. The smallest absolute Gasteiger partial charge is 0.252 e. The van der Waals surface area contributed by atoms with Crippen molar-refractivity contribution in [3.63, 3.8) is 0 Å². The van der Waals surface area contributed by atoms with Crippen LogP contribution in [0.4, 0.5) is 10.1 Å². The lowest BCUT2D eigenvalue weighted by Crippen LogP contribution is -2.48. The second-order valence-electron chi connectivity index (χ2n) is 8.09. The van der Waals surface area contributed by atoms with Crippen molar-refractivity contribution < 1.29 is 23.4 Å². The van der Waals surface area contributed by atoms with Crippen LogP contribution < -0.4 is 25.9 Å². The van der Waals surface area contributed by atoms with Crippen LogP contribution in [0.25, 0.3) is 10.9 Å². The molecule has 2 aromatic carbocycles. The molecule has 1 aliphatic rings. The van der Waals surface area contributed by atoms with Crippen LogP contribution in [0.5, 0.6) is 17.2 Å². The predicted molar refractivity (Wildman–Crippen MR) is 139 cm³/mol. The van der Waals surface area contributed by atoms with Gasteiger partial charge in [-0.05, 0) is 49.3 Å². The minimum atomic E-state index is -0.781. The van der Waals surface area contributed by atoms with E-state index in [-0.39, 0.29) is 44.7 Å². The number of pyridine rings is 1. The summed E-state index contributed by atoms with van der Waals surface area (Å²) in [7, 11) is 3.08. The Labute approximate surface area is 217 Å². The van der Waals surface area contributed by atoms with Gasteiger partial charge in [0.05, 0.1) is 36.5 Å². The Morgan fingerprint density at radius 1 is 1.28 bits per heavy atom. The fourth-order valence-electron chi connectivity index (χ4n) is 4.05. The molecule has 0 unspecified atom stereocenters. The summed E-state index contributed by atoms with van der Waals surface area (Å²) >= 11 is 11.7. The lowest BCUT2D eigenvalue weighted by Gasteiger charge is -2.26. The highest BCUT2D eigenvalue weighted by Crippen LogP contribution is 2.37. The average Bonchev–Trinajstić information content (AvgIpc) is 3.29. The number of carbonyl (C=O) groups excluding carboxylic acids is 1. The van der Waals surface area contributed by atoms with E-state index in [4.69, 9.17) is 43.8 Å². The van der Waals surface area contributed by atoms with Crippen molar-refractivity contribution >= 4 is 51.4 Å². The van der Waals surface area contributed by atoms with E-state index in [0.29, 0.717) is 17.5 Å². The fraction of sp³-hybridized carbons (Fsp3) is 0.292. The number of primary amides is 1. The number of hydrazine groups is 1. The quantitative estimate of drug-likeness (QED) is 0.366. The molecule has 0 radical (unpaired) electrons. The third-order valence-corrected chi connectivity index (χ3v) is 6.35. The number of nitrogens with two attached hydrogens (primary N) is 1. The first-order chi connectivity index (χ1) is 17.3. The van der Waals surface area contributed by atoms with Crippen molar-refractivity contribution in [2.24, 2.45) is 5.73 Å². The molecule has 1 saturated heterocycles. The van der Waals surface area contributed by atoms with E-state index in [0.717, 1.165) is 19.4 Å². The van der Waals surface area contributed by atoms with Gasteiger partial charge in [0.2, 0.25) is 0 Å². The van der Waals surface area contributed by atoms with Crippen LogP contribution in [-0.2, 0) is 4.74 Å². The van der Waals surface area contributed by atoms with Gasteiger partial charge in [0, 0.05) is 31.3 Å². The molecule has 190 valence electrons. The minimum Gasteiger partial charge on any atom is -0.496 e. The van der Waals surface area contributed by atoms with Gasteiger partial charge in [-0.2, -0.15) is 0 Å². The third-order valence-electron chi connectivity index (χ3n) is 5.78. The lowest BCUT2D eigenvalue weighted by atomic mass is 10.1. The normalized spacial score (nSPS) is 15.6. The third kappa shape index (κ3) is 5.44. The van der Waals surface area contributed by atoms with Gasteiger partial charge in [-0.3, -0.25) is 15.2 Å². The van der Waals surface area contributed by atoms with E-state index in [1.165, 1.54) is 25.4 Å². The molecule has 1 fully saturated rings. The lowest BCUT2D eigenvalue weighted by molar-refractivity contribution is 0.0997. The molecule has 1 aromatic heterocycles. The molecular formula is C24H25ClFN5O4S. The number of aromatic nitrogens is 1. The standard InChI is InChI=1S/C24H25ClFN5O4S/c1-33-12-13-4-3-9-31(13)30-24(36)29-16-5-6-19(22(26)21(16)25)35-18-7-8-28-17-11-20(34-2)15(23(27)32)10-14(17)18/h5-8,10-11,13H,3-4,9,12H2,1-2H3,(H2,27,32)(H2,29,30,36)/t13-/m0/s1. The maximum absolute atomic E-state index is 15.2. The van der Waals surface area contributed by atoms with Crippen molar-refractivity contribution in [1.82, 2.24) is 15.4 Å². The molecule has 4 N–H and O–H groups in total. The SMILES string of the molecule is COC[C@@H]1CCCN1NC(=S)Nc1ccc(Oc2ccnc3cc(OC)c(C(N)=O)cc23)c(F)c1Cl. The Hall–Kier alpha value is -3.25. The fourth-order valence-corrected chi connectivity index (χ4v) is 4.48. The van der Waals surface area contributed by atoms with Gasteiger partial charge in [-0.15, -0.1) is 0 Å². The average molecular weight is 534 g/mol. The van der Waals surface area contributed by atoms with Crippen molar-refractivity contribution in [2.75, 3.05) is 32.7 Å². The molecule has 0 aliphatic carbocycles. The van der Waals surface area contributed by atoms with E-state index in [2.05, 4.69) is 15.7 Å². The molecule has 2 heterocycles. The number of nitrogens with one attached hydrogen (secondary N) is 2. The van der Waals surface area contributed by atoms with Gasteiger partial charge in [-0.1, -0.05) is 11.6 Å². The number of hydrogen-bond donors (Lipinski definition) is 3. The number of rotatable bonds is 8. The Balaban J connectivity index is 1.55. The van der Waals surface area contributed by atoms with Crippen molar-refractivity contribution in [3.8, 4) is 17.2 Å². The van der Waals surface area contributed by atoms with Gasteiger partial charge in [-0.25, -0.2) is 9.40 Å². The first-order valence-corrected chi connectivity index (χ1v) is 11.9. The summed E-state index contributed by atoms with van der Waals surface area (Å²) in [5.74, 6) is -1.04. The number of ether oxygens (including phenoxy) is 3. The summed E-state index contributed by atoms with van der Waals surface area (Å²) in [4.78, 5) is 16.1. The second-order valence-corrected chi connectivity index (χ2v) is 8.88. The number of benzene rings is 2. The molecule has 0 saturated carbocycles. The summed E-state index contributed by atoms with van der Waals surface area (Å²) in [6, 6.07) is 7.79. The number of halogens is 2. The molecule has 36 heavy (non-hydrogen) atoms. The maximum Gasteiger partial charge on any atom is 0.252 e. The highest BCUT2D eigenvalue weighted by Gasteiger charge is 2.25. The predicted octanol–water partition coefficient (Wildman–Crippen LogP) is 4.24. The highest BCUT2D eigenvalue weighted by molar-refractivity contribution is 7.80. The van der Waals surface area contributed by atoms with Crippen LogP contribution in [-0.4, -0.2) is 54.4 Å². The first kappa shape index (κ1) is 25.8. The van der Waals surface area contributed by atoms with Gasteiger partial charge >= 0.3 is 0 Å². The number of amides is 1. The number of methoxy groups -OCH3 is 2. The summed E-state index contributed by atoms with van der Waals surface area (Å²) in [6.07, 6.45) is 3.50. The van der Waals surface area contributed by atoms with E-state index < -0.39 is 11.7 Å². The van der Waals surface area contributed by atoms with Gasteiger partial charge in [0.25, 0.3) is 5.91 Å². The number of fused-ring (bicyclic) bond motifs is 1. The summed E-state index contributed by atoms with van der Waals surface area (Å²) in [5.41, 5.74) is 9.48. The molecule has 12 heteroatoms. The molecule has 1 atom stereocenters. The Bertz CT molecular complexity index is 1310. The van der Waals surface area contributed by atoms with Crippen LogP contribution in [0, 0.1) is 5.82 Å². The summed E-state index contributed by atoms with van der Waals surface area (Å²) in [5, 5.41) is 5.46. The minimum absolute atomic E-state index is 0.118. The Morgan fingerprint density at radius 3 is 2.81 bits per heavy atom. The van der Waals surface area contributed by atoms with E-state index >= 15 is 4.39 Å². The van der Waals surface area contributed by atoms with Crippen molar-refractivity contribution in [2.45, 2.75) is 18.9 Å². The zero-order valence-corrected chi connectivity index (χ0v) is 21.2. The molecule has 1 amide bonds. The van der Waals surface area contributed by atoms with Gasteiger partial charge < -0.3 is 25.3 Å². The second kappa shape index (κ2) is 11.2. The summed E-state index contributed by atoms with van der Waals surface area (Å²) < 4.78 is 31.5. The molecule has 0 bridgehead atoms. The topological polar surface area (TPSA) is 111 Å². The number of nitrogens with zero attached hydrogens (tertiary/aromatic N) is 2. The van der Waals surface area contributed by atoms with Crippen molar-refractivity contribution in [3.05, 3.63) is 52.9 Å². The van der Waals surface area contributed by atoms with E-state index in [9.17, 15) is 4.79 Å². The molecule has 4 rings (SSSR count). The van der Waals surface area contributed by atoms with E-state index in [1.807, 2.05) is 5.01 Å². The largest absolute Gasteiger partial charge is 0.496 e. The molecular weight excluding hydrogens is 509 g/mol. The number of anilines is 1. The van der Waals surface area contributed by atoms with E-state index in [1.54, 1.807) is 25.3 Å². The number of carbonyl (C=O) groups is 1.